The minimum atomic E-state index is -0.496. The van der Waals surface area contributed by atoms with Gasteiger partial charge in [-0.05, 0) is 26.2 Å². The van der Waals surface area contributed by atoms with Crippen LogP contribution in [-0.2, 0) is 4.79 Å². The first-order valence-electron chi connectivity index (χ1n) is 4.46. The third-order valence-electron chi connectivity index (χ3n) is 2.50. The smallest absolute Gasteiger partial charge is 0.146 e. The lowest BCUT2D eigenvalue weighted by atomic mass is 10.1. The highest BCUT2D eigenvalue weighted by Gasteiger charge is 2.34. The fraction of sp³-hybridized carbons (Fsp3) is 0.889. The van der Waals surface area contributed by atoms with Crippen molar-refractivity contribution in [3.8, 4) is 0 Å². The Balaban J connectivity index is 2.65. The molecule has 0 aromatic carbocycles. The minimum Gasteiger partial charge on any atom is -0.379 e. The molecule has 12 heavy (non-hydrogen) atoms. The van der Waals surface area contributed by atoms with Crippen LogP contribution in [0.2, 0.25) is 0 Å². The van der Waals surface area contributed by atoms with Gasteiger partial charge in [0.2, 0.25) is 0 Å². The number of nitrogens with zero attached hydrogens (tertiary/aromatic N) is 1. The zero-order valence-corrected chi connectivity index (χ0v) is 7.95. The van der Waals surface area contributed by atoms with Gasteiger partial charge in [0, 0.05) is 6.54 Å². The number of likely N-dealkylation sites (tertiary alicyclic amines) is 1. The van der Waals surface area contributed by atoms with Crippen LogP contribution in [0.25, 0.3) is 0 Å². The number of carbonyl (C=O) groups excluding carboxylic acids is 1. The summed E-state index contributed by atoms with van der Waals surface area (Å²) in [6, 6.07) is -0.0556. The molecule has 0 aliphatic carbocycles. The molecule has 1 aliphatic heterocycles. The number of aliphatic hydroxyl groups is 1. The van der Waals surface area contributed by atoms with Gasteiger partial charge in [-0.25, -0.2) is 0 Å². The van der Waals surface area contributed by atoms with Crippen LogP contribution in [0.1, 0.15) is 27.2 Å². The highest BCUT2D eigenvalue weighted by molar-refractivity contribution is 5.81. The Kier molecular flexibility index (Phi) is 2.85. The van der Waals surface area contributed by atoms with Crippen molar-refractivity contribution in [3.63, 3.8) is 0 Å². The van der Waals surface area contributed by atoms with Crippen LogP contribution in [0.4, 0.5) is 0 Å². The summed E-state index contributed by atoms with van der Waals surface area (Å²) in [7, 11) is 0. The van der Waals surface area contributed by atoms with Crippen LogP contribution in [0.15, 0.2) is 0 Å². The molecule has 1 aliphatic rings. The molecule has 3 atom stereocenters. The summed E-state index contributed by atoms with van der Waals surface area (Å²) in [5.41, 5.74) is 0. The first-order valence-corrected chi connectivity index (χ1v) is 4.46. The summed E-state index contributed by atoms with van der Waals surface area (Å²) >= 11 is 0. The van der Waals surface area contributed by atoms with E-state index in [2.05, 4.69) is 6.92 Å². The lowest BCUT2D eigenvalue weighted by Gasteiger charge is -2.24. The number of Topliss-reactive ketones (excluding diaryl/α,β-unsaturated/α-hetero) is 1. The highest BCUT2D eigenvalue weighted by atomic mass is 16.3. The van der Waals surface area contributed by atoms with Crippen molar-refractivity contribution in [2.75, 3.05) is 6.54 Å². The minimum absolute atomic E-state index is 0.0556. The summed E-state index contributed by atoms with van der Waals surface area (Å²) in [4.78, 5) is 13.0. The molecule has 3 heteroatoms. The maximum Gasteiger partial charge on any atom is 0.146 e. The van der Waals surface area contributed by atoms with E-state index in [9.17, 15) is 9.90 Å². The van der Waals surface area contributed by atoms with Gasteiger partial charge in [0.05, 0.1) is 6.04 Å². The fourth-order valence-corrected chi connectivity index (χ4v) is 1.89. The molecule has 0 bridgehead atoms. The van der Waals surface area contributed by atoms with E-state index in [-0.39, 0.29) is 11.8 Å². The molecule has 1 heterocycles. The second-order valence-corrected chi connectivity index (χ2v) is 3.80. The fourth-order valence-electron chi connectivity index (χ4n) is 1.89. The van der Waals surface area contributed by atoms with Crippen LogP contribution in [-0.4, -0.2) is 34.6 Å². The van der Waals surface area contributed by atoms with Crippen LogP contribution in [0.3, 0.4) is 0 Å². The Labute approximate surface area is 73.4 Å². The Morgan fingerprint density at radius 3 is 2.58 bits per heavy atom. The molecule has 0 saturated carbocycles. The Morgan fingerprint density at radius 2 is 2.25 bits per heavy atom. The van der Waals surface area contributed by atoms with Crippen molar-refractivity contribution in [3.05, 3.63) is 0 Å². The van der Waals surface area contributed by atoms with Gasteiger partial charge in [-0.3, -0.25) is 9.69 Å². The van der Waals surface area contributed by atoms with E-state index >= 15 is 0 Å². The van der Waals surface area contributed by atoms with E-state index in [1.54, 1.807) is 13.8 Å². The van der Waals surface area contributed by atoms with Gasteiger partial charge < -0.3 is 5.11 Å². The summed E-state index contributed by atoms with van der Waals surface area (Å²) in [5, 5.41) is 9.36. The van der Waals surface area contributed by atoms with E-state index in [0.717, 1.165) is 13.0 Å². The second kappa shape index (κ2) is 3.54. The van der Waals surface area contributed by atoms with Crippen LogP contribution in [0, 0.1) is 5.92 Å². The number of hydrogen-bond acceptors (Lipinski definition) is 3. The third-order valence-corrected chi connectivity index (χ3v) is 2.50. The first kappa shape index (κ1) is 9.68. The molecule has 1 saturated heterocycles. The quantitative estimate of drug-likeness (QED) is 0.662. The van der Waals surface area contributed by atoms with Crippen LogP contribution < -0.4 is 0 Å². The van der Waals surface area contributed by atoms with Gasteiger partial charge in [0.15, 0.2) is 0 Å². The highest BCUT2D eigenvalue weighted by Crippen LogP contribution is 2.24. The van der Waals surface area contributed by atoms with E-state index in [0.29, 0.717) is 5.92 Å². The molecule has 1 rings (SSSR count). The summed E-state index contributed by atoms with van der Waals surface area (Å²) in [6.45, 7) is 6.26. The number of hydrogen-bond donors (Lipinski definition) is 1. The maximum atomic E-state index is 11.2. The molecule has 0 aromatic heterocycles. The summed E-state index contributed by atoms with van der Waals surface area (Å²) in [5.74, 6) is 0.689. The van der Waals surface area contributed by atoms with Crippen molar-refractivity contribution in [1.82, 2.24) is 4.90 Å². The van der Waals surface area contributed by atoms with Gasteiger partial charge in [-0.15, -0.1) is 0 Å². The van der Waals surface area contributed by atoms with E-state index < -0.39 is 6.23 Å². The van der Waals surface area contributed by atoms with Crippen molar-refractivity contribution in [1.29, 1.82) is 0 Å². The van der Waals surface area contributed by atoms with Crippen molar-refractivity contribution >= 4 is 5.78 Å². The predicted molar refractivity (Wildman–Crippen MR) is 46.6 cm³/mol. The first-order chi connectivity index (χ1) is 5.52. The maximum absolute atomic E-state index is 11.2. The zero-order valence-electron chi connectivity index (χ0n) is 7.95. The van der Waals surface area contributed by atoms with E-state index in [1.807, 2.05) is 4.90 Å². The number of aliphatic hydroxyl groups excluding tert-OH is 1. The SMILES string of the molecule is CC(=O)[C@@H]1C[C@H](C)CN1[C@@H](C)O. The summed E-state index contributed by atoms with van der Waals surface area (Å²) in [6.07, 6.45) is 0.393. The van der Waals surface area contributed by atoms with Gasteiger partial charge in [-0.2, -0.15) is 0 Å². The molecule has 0 radical (unpaired) electrons. The average Bonchev–Trinajstić information content (AvgIpc) is 2.31. The topological polar surface area (TPSA) is 40.5 Å². The number of rotatable bonds is 2. The standard InChI is InChI=1S/C9H17NO2/c1-6-4-9(7(2)11)10(5-6)8(3)12/h6,8-9,12H,4-5H2,1-3H3/t6-,8+,9-/m0/s1. The van der Waals surface area contributed by atoms with Gasteiger partial charge in [0.1, 0.15) is 12.0 Å². The van der Waals surface area contributed by atoms with Crippen molar-refractivity contribution in [2.24, 2.45) is 5.92 Å². The zero-order chi connectivity index (χ0) is 9.30. The molecule has 0 spiro atoms. The Hall–Kier alpha value is -0.410. The van der Waals surface area contributed by atoms with Crippen molar-refractivity contribution < 1.29 is 9.90 Å². The van der Waals surface area contributed by atoms with Gasteiger partial charge in [-0.1, -0.05) is 6.92 Å². The molecule has 3 nitrogen and oxygen atoms in total. The molecular weight excluding hydrogens is 154 g/mol. The lowest BCUT2D eigenvalue weighted by Crippen LogP contribution is -2.40. The van der Waals surface area contributed by atoms with Crippen LogP contribution >= 0.6 is 0 Å². The molecular formula is C9H17NO2. The Morgan fingerprint density at radius 1 is 1.67 bits per heavy atom. The number of ketones is 1. The van der Waals surface area contributed by atoms with E-state index in [4.69, 9.17) is 0 Å². The van der Waals surface area contributed by atoms with Gasteiger partial charge in [0.25, 0.3) is 0 Å². The molecule has 0 unspecified atom stereocenters. The van der Waals surface area contributed by atoms with E-state index in [1.165, 1.54) is 0 Å². The van der Waals surface area contributed by atoms with Gasteiger partial charge >= 0.3 is 0 Å². The average molecular weight is 171 g/mol. The lowest BCUT2D eigenvalue weighted by molar-refractivity contribution is -0.124. The molecule has 0 amide bonds. The van der Waals surface area contributed by atoms with Crippen LogP contribution in [0.5, 0.6) is 0 Å². The predicted octanol–water partition coefficient (Wildman–Crippen LogP) is 0.624. The molecule has 70 valence electrons. The van der Waals surface area contributed by atoms with Crippen molar-refractivity contribution in [2.45, 2.75) is 39.5 Å². The molecule has 1 N–H and O–H groups in total. The Bertz CT molecular complexity index is 179. The third kappa shape index (κ3) is 1.84. The number of carbonyl (C=O) groups is 1. The molecule has 0 aromatic rings. The normalized spacial score (nSPS) is 33.7. The molecule has 1 fully saturated rings. The largest absolute Gasteiger partial charge is 0.379 e. The second-order valence-electron chi connectivity index (χ2n) is 3.80. The monoisotopic (exact) mass is 171 g/mol. The summed E-state index contributed by atoms with van der Waals surface area (Å²) < 4.78 is 0.